The maximum Gasteiger partial charge on any atom is 0.307 e. The van der Waals surface area contributed by atoms with Crippen LogP contribution in [0, 0.1) is 24.2 Å². The first-order valence-corrected chi connectivity index (χ1v) is 6.99. The summed E-state index contributed by atoms with van der Waals surface area (Å²) in [5, 5.41) is 17.4. The molecular formula is C12H14N2O4S. The Morgan fingerprint density at radius 2 is 2.16 bits per heavy atom. The van der Waals surface area contributed by atoms with Crippen LogP contribution in [-0.4, -0.2) is 26.0 Å². The topological polar surface area (TPSA) is 107 Å². The Kier molecular flexibility index (Phi) is 4.64. The van der Waals surface area contributed by atoms with E-state index >= 15 is 0 Å². The number of nitrogens with zero attached hydrogens (tertiary/aromatic N) is 1. The third kappa shape index (κ3) is 3.77. The van der Waals surface area contributed by atoms with Crippen molar-refractivity contribution in [2.45, 2.75) is 18.7 Å². The van der Waals surface area contributed by atoms with Gasteiger partial charge >= 0.3 is 5.97 Å². The molecule has 0 saturated carbocycles. The molecule has 0 spiro atoms. The van der Waals surface area contributed by atoms with Gasteiger partial charge in [0.2, 0.25) is 10.0 Å². The van der Waals surface area contributed by atoms with Gasteiger partial charge in [0.1, 0.15) is 0 Å². The van der Waals surface area contributed by atoms with Crippen molar-refractivity contribution in [3.05, 3.63) is 29.3 Å². The molecule has 0 aliphatic carbocycles. The lowest BCUT2D eigenvalue weighted by Crippen LogP contribution is -2.31. The van der Waals surface area contributed by atoms with Crippen LogP contribution in [0.3, 0.4) is 0 Å². The van der Waals surface area contributed by atoms with Crippen molar-refractivity contribution in [2.24, 2.45) is 5.92 Å². The van der Waals surface area contributed by atoms with Crippen molar-refractivity contribution in [1.82, 2.24) is 4.72 Å². The zero-order valence-electron chi connectivity index (χ0n) is 10.5. The van der Waals surface area contributed by atoms with E-state index in [1.165, 1.54) is 25.1 Å². The fourth-order valence-corrected chi connectivity index (χ4v) is 2.78. The molecule has 1 rings (SSSR count). The summed E-state index contributed by atoms with van der Waals surface area (Å²) in [5.74, 6) is -1.88. The Hall–Kier alpha value is -1.91. The average Bonchev–Trinajstić information content (AvgIpc) is 2.35. The molecule has 0 aromatic heterocycles. The minimum Gasteiger partial charge on any atom is -0.481 e. The van der Waals surface area contributed by atoms with E-state index in [0.29, 0.717) is 11.1 Å². The van der Waals surface area contributed by atoms with Crippen molar-refractivity contribution in [2.75, 3.05) is 6.54 Å². The van der Waals surface area contributed by atoms with Crippen LogP contribution in [0.2, 0.25) is 0 Å². The van der Waals surface area contributed by atoms with E-state index in [1.807, 2.05) is 6.07 Å². The smallest absolute Gasteiger partial charge is 0.307 e. The second-order valence-corrected chi connectivity index (χ2v) is 5.92. The van der Waals surface area contributed by atoms with Gasteiger partial charge in [-0.15, -0.1) is 0 Å². The van der Waals surface area contributed by atoms with Crippen LogP contribution >= 0.6 is 0 Å². The zero-order valence-corrected chi connectivity index (χ0v) is 11.4. The van der Waals surface area contributed by atoms with Gasteiger partial charge < -0.3 is 5.11 Å². The molecule has 19 heavy (non-hydrogen) atoms. The summed E-state index contributed by atoms with van der Waals surface area (Å²) in [6.07, 6.45) is 0. The molecule has 0 aliphatic heterocycles. The van der Waals surface area contributed by atoms with Gasteiger partial charge in [-0.25, -0.2) is 13.1 Å². The van der Waals surface area contributed by atoms with Gasteiger partial charge in [0.25, 0.3) is 0 Å². The van der Waals surface area contributed by atoms with E-state index in [2.05, 4.69) is 4.72 Å². The highest BCUT2D eigenvalue weighted by Gasteiger charge is 2.19. The molecule has 6 nitrogen and oxygen atoms in total. The molecule has 7 heteroatoms. The summed E-state index contributed by atoms with van der Waals surface area (Å²) < 4.78 is 26.2. The van der Waals surface area contributed by atoms with Crippen molar-refractivity contribution in [3.63, 3.8) is 0 Å². The van der Waals surface area contributed by atoms with E-state index in [1.54, 1.807) is 6.92 Å². The minimum absolute atomic E-state index is 0.0455. The molecule has 0 heterocycles. The largest absolute Gasteiger partial charge is 0.481 e. The molecule has 0 amide bonds. The number of carboxylic acids is 1. The lowest BCUT2D eigenvalue weighted by atomic mass is 10.2. The van der Waals surface area contributed by atoms with Crippen LogP contribution in [0.1, 0.15) is 18.1 Å². The molecule has 1 aromatic carbocycles. The third-order valence-electron chi connectivity index (χ3n) is 2.59. The van der Waals surface area contributed by atoms with Gasteiger partial charge in [0, 0.05) is 6.54 Å². The number of hydrogen-bond donors (Lipinski definition) is 2. The predicted molar refractivity (Wildman–Crippen MR) is 67.9 cm³/mol. The maximum atomic E-state index is 12.0. The summed E-state index contributed by atoms with van der Waals surface area (Å²) in [5.41, 5.74) is 0.810. The Balaban J connectivity index is 2.96. The van der Waals surface area contributed by atoms with Crippen molar-refractivity contribution < 1.29 is 18.3 Å². The molecule has 1 atom stereocenters. The van der Waals surface area contributed by atoms with Gasteiger partial charge in [0.05, 0.1) is 22.4 Å². The number of nitrogens with one attached hydrogen (secondary N) is 1. The van der Waals surface area contributed by atoms with Gasteiger partial charge in [0.15, 0.2) is 0 Å². The van der Waals surface area contributed by atoms with Gasteiger partial charge in [-0.3, -0.25) is 4.79 Å². The fraction of sp³-hybridized carbons (Fsp3) is 0.333. The van der Waals surface area contributed by atoms with Crippen LogP contribution in [0.5, 0.6) is 0 Å². The second kappa shape index (κ2) is 5.82. The summed E-state index contributed by atoms with van der Waals surface area (Å²) in [7, 11) is -3.77. The quantitative estimate of drug-likeness (QED) is 0.833. The summed E-state index contributed by atoms with van der Waals surface area (Å²) in [6, 6.07) is 6.13. The number of carboxylic acid groups (broad SMARTS) is 1. The van der Waals surface area contributed by atoms with E-state index in [-0.39, 0.29) is 11.4 Å². The van der Waals surface area contributed by atoms with E-state index in [4.69, 9.17) is 10.4 Å². The third-order valence-corrected chi connectivity index (χ3v) is 4.18. The molecule has 1 aromatic rings. The molecule has 0 saturated heterocycles. The number of hydrogen-bond acceptors (Lipinski definition) is 4. The Labute approximate surface area is 111 Å². The zero-order chi connectivity index (χ0) is 14.6. The number of aryl methyl sites for hydroxylation is 1. The first-order valence-electron chi connectivity index (χ1n) is 5.51. The SMILES string of the molecule is Cc1cc(C#N)ccc1S(=O)(=O)NCC(C)C(=O)O. The van der Waals surface area contributed by atoms with Crippen LogP contribution < -0.4 is 4.72 Å². The van der Waals surface area contributed by atoms with Gasteiger partial charge in [-0.1, -0.05) is 6.92 Å². The van der Waals surface area contributed by atoms with E-state index in [9.17, 15) is 13.2 Å². The van der Waals surface area contributed by atoms with Crippen LogP contribution in [0.25, 0.3) is 0 Å². The molecule has 102 valence electrons. The summed E-state index contributed by atoms with van der Waals surface area (Å²) in [4.78, 5) is 10.7. The fourth-order valence-electron chi connectivity index (χ4n) is 1.42. The van der Waals surface area contributed by atoms with E-state index in [0.717, 1.165) is 0 Å². The molecule has 2 N–H and O–H groups in total. The Bertz CT molecular complexity index is 632. The molecule has 0 bridgehead atoms. The average molecular weight is 282 g/mol. The summed E-state index contributed by atoms with van der Waals surface area (Å²) in [6.45, 7) is 2.81. The first-order chi connectivity index (χ1) is 8.77. The highest BCUT2D eigenvalue weighted by molar-refractivity contribution is 7.89. The second-order valence-electron chi connectivity index (χ2n) is 4.18. The number of nitriles is 1. The van der Waals surface area contributed by atoms with E-state index < -0.39 is 21.9 Å². The van der Waals surface area contributed by atoms with Crippen LogP contribution in [0.4, 0.5) is 0 Å². The first kappa shape index (κ1) is 15.1. The predicted octanol–water partition coefficient (Wildman–Crippen LogP) is 0.866. The molecule has 0 fully saturated rings. The number of rotatable bonds is 5. The minimum atomic E-state index is -3.77. The Morgan fingerprint density at radius 3 is 2.63 bits per heavy atom. The molecular weight excluding hydrogens is 268 g/mol. The van der Waals surface area contributed by atoms with Gasteiger partial charge in [-0.05, 0) is 30.7 Å². The molecule has 1 unspecified atom stereocenters. The Morgan fingerprint density at radius 1 is 1.53 bits per heavy atom. The molecule has 0 radical (unpaired) electrons. The monoisotopic (exact) mass is 282 g/mol. The maximum absolute atomic E-state index is 12.0. The summed E-state index contributed by atoms with van der Waals surface area (Å²) >= 11 is 0. The number of carbonyl (C=O) groups is 1. The lowest BCUT2D eigenvalue weighted by molar-refractivity contribution is -0.140. The van der Waals surface area contributed by atoms with Crippen molar-refractivity contribution >= 4 is 16.0 Å². The molecule has 0 aliphatic rings. The van der Waals surface area contributed by atoms with Crippen molar-refractivity contribution in [1.29, 1.82) is 5.26 Å². The number of aliphatic carboxylic acids is 1. The van der Waals surface area contributed by atoms with Crippen LogP contribution in [-0.2, 0) is 14.8 Å². The highest BCUT2D eigenvalue weighted by Crippen LogP contribution is 2.16. The standard InChI is InChI=1S/C12H14N2O4S/c1-8-5-10(6-13)3-4-11(8)19(17,18)14-7-9(2)12(15)16/h3-5,9,14H,7H2,1-2H3,(H,15,16). The number of sulfonamides is 1. The number of benzene rings is 1. The van der Waals surface area contributed by atoms with Crippen LogP contribution in [0.15, 0.2) is 23.1 Å². The van der Waals surface area contributed by atoms with Crippen molar-refractivity contribution in [3.8, 4) is 6.07 Å². The normalized spacial score (nSPS) is 12.7. The van der Waals surface area contributed by atoms with Gasteiger partial charge in [-0.2, -0.15) is 5.26 Å². The highest BCUT2D eigenvalue weighted by atomic mass is 32.2. The lowest BCUT2D eigenvalue weighted by Gasteiger charge is -2.11.